The molecule has 0 bridgehead atoms. The summed E-state index contributed by atoms with van der Waals surface area (Å²) >= 11 is 1.45. The van der Waals surface area contributed by atoms with Crippen LogP contribution in [0.25, 0.3) is 10.6 Å². The van der Waals surface area contributed by atoms with Gasteiger partial charge in [-0.05, 0) is 25.3 Å². The molecule has 3 aromatic rings. The Morgan fingerprint density at radius 2 is 2.15 bits per heavy atom. The van der Waals surface area contributed by atoms with E-state index in [0.717, 1.165) is 35.0 Å². The van der Waals surface area contributed by atoms with Crippen LogP contribution in [0.15, 0.2) is 36.1 Å². The normalized spacial score (nSPS) is 14.3. The summed E-state index contributed by atoms with van der Waals surface area (Å²) in [5.74, 6) is 0.807. The number of pyridine rings is 1. The summed E-state index contributed by atoms with van der Waals surface area (Å²) in [7, 11) is 1.86. The molecule has 0 atom stereocenters. The zero-order chi connectivity index (χ0) is 18.6. The van der Waals surface area contributed by atoms with Crippen molar-refractivity contribution in [2.24, 2.45) is 7.05 Å². The van der Waals surface area contributed by atoms with Crippen LogP contribution < -0.4 is 10.2 Å². The monoisotopic (exact) mass is 382 g/mol. The minimum atomic E-state index is -0.171. The second-order valence-corrected chi connectivity index (χ2v) is 7.52. The van der Waals surface area contributed by atoms with Crippen LogP contribution in [0.3, 0.4) is 0 Å². The summed E-state index contributed by atoms with van der Waals surface area (Å²) in [6.45, 7) is 2.50. The number of hydrogen-bond donors (Lipinski definition) is 1. The number of aromatic nitrogens is 4. The Labute approximate surface area is 162 Å². The van der Waals surface area contributed by atoms with Crippen LogP contribution >= 0.6 is 11.3 Å². The van der Waals surface area contributed by atoms with Crippen LogP contribution in [0.5, 0.6) is 0 Å². The third-order valence-corrected chi connectivity index (χ3v) is 5.54. The average molecular weight is 382 g/mol. The first-order valence-corrected chi connectivity index (χ1v) is 10.0. The molecule has 0 unspecified atom stereocenters. The van der Waals surface area contributed by atoms with Crippen LogP contribution in [-0.4, -0.2) is 38.7 Å². The maximum atomic E-state index is 12.5. The molecule has 27 heavy (non-hydrogen) atoms. The van der Waals surface area contributed by atoms with Crippen LogP contribution in [0.1, 0.15) is 35.3 Å². The van der Waals surface area contributed by atoms with Gasteiger partial charge in [-0.2, -0.15) is 5.10 Å². The Morgan fingerprint density at radius 1 is 1.30 bits per heavy atom. The molecule has 3 aromatic heterocycles. The third-order valence-electron chi connectivity index (χ3n) is 4.65. The fourth-order valence-electron chi connectivity index (χ4n) is 3.27. The number of aryl methyl sites for hydroxylation is 1. The van der Waals surface area contributed by atoms with Gasteiger partial charge < -0.3 is 10.2 Å². The van der Waals surface area contributed by atoms with E-state index in [1.54, 1.807) is 16.3 Å². The lowest BCUT2D eigenvalue weighted by Gasteiger charge is -2.29. The highest BCUT2D eigenvalue weighted by atomic mass is 32.1. The van der Waals surface area contributed by atoms with Gasteiger partial charge in [0, 0.05) is 55.6 Å². The van der Waals surface area contributed by atoms with Crippen LogP contribution in [-0.2, 0) is 13.6 Å². The van der Waals surface area contributed by atoms with Crippen molar-refractivity contribution in [3.05, 3.63) is 47.4 Å². The summed E-state index contributed by atoms with van der Waals surface area (Å²) in [5, 5.41) is 9.71. The van der Waals surface area contributed by atoms with Gasteiger partial charge in [0.25, 0.3) is 5.91 Å². The van der Waals surface area contributed by atoms with Gasteiger partial charge in [-0.1, -0.05) is 6.07 Å². The molecule has 0 spiro atoms. The molecule has 4 rings (SSSR count). The Bertz CT molecular complexity index is 928. The molecular weight excluding hydrogens is 360 g/mol. The van der Waals surface area contributed by atoms with E-state index in [9.17, 15) is 4.79 Å². The van der Waals surface area contributed by atoms with E-state index in [1.165, 1.54) is 30.6 Å². The van der Waals surface area contributed by atoms with Gasteiger partial charge >= 0.3 is 0 Å². The first-order valence-electron chi connectivity index (χ1n) is 9.12. The Hall–Kier alpha value is -2.74. The van der Waals surface area contributed by atoms with Gasteiger partial charge in [0.1, 0.15) is 16.5 Å². The average Bonchev–Trinajstić information content (AvgIpc) is 3.36. The number of piperidine rings is 1. The van der Waals surface area contributed by atoms with Crippen molar-refractivity contribution in [2.75, 3.05) is 18.0 Å². The summed E-state index contributed by atoms with van der Waals surface area (Å²) in [6.07, 6.45) is 9.12. The molecule has 4 heterocycles. The Morgan fingerprint density at radius 3 is 2.93 bits per heavy atom. The molecule has 1 aliphatic rings. The van der Waals surface area contributed by atoms with E-state index < -0.39 is 0 Å². The lowest BCUT2D eigenvalue weighted by molar-refractivity contribution is 0.0946. The predicted molar refractivity (Wildman–Crippen MR) is 106 cm³/mol. The zero-order valence-corrected chi connectivity index (χ0v) is 16.1. The summed E-state index contributed by atoms with van der Waals surface area (Å²) in [4.78, 5) is 23.8. The quantitative estimate of drug-likeness (QED) is 0.734. The minimum Gasteiger partial charge on any atom is -0.356 e. The highest BCUT2D eigenvalue weighted by Gasteiger charge is 2.17. The number of carbonyl (C=O) groups is 1. The number of nitrogens with zero attached hydrogens (tertiary/aromatic N) is 5. The van der Waals surface area contributed by atoms with Crippen molar-refractivity contribution in [3.63, 3.8) is 0 Å². The predicted octanol–water partition coefficient (Wildman–Crippen LogP) is 2.86. The van der Waals surface area contributed by atoms with E-state index in [1.807, 2.05) is 31.6 Å². The molecule has 7 nitrogen and oxygen atoms in total. The molecule has 8 heteroatoms. The number of nitrogens with one attached hydrogen (secondary N) is 1. The van der Waals surface area contributed by atoms with Gasteiger partial charge in [0.15, 0.2) is 0 Å². The van der Waals surface area contributed by atoms with Gasteiger partial charge in [0.05, 0.1) is 6.20 Å². The standard InChI is InChI=1S/C19H22N6OS/c1-24-12-15(11-22-24)19-23-16(13-27-19)18(26)21-10-14-6-5-7-20-17(14)25-8-3-2-4-9-25/h5-7,11-13H,2-4,8-10H2,1H3,(H,21,26). The van der Waals surface area contributed by atoms with Crippen molar-refractivity contribution < 1.29 is 4.79 Å². The lowest BCUT2D eigenvalue weighted by atomic mass is 10.1. The van der Waals surface area contributed by atoms with Crippen molar-refractivity contribution in [1.29, 1.82) is 0 Å². The van der Waals surface area contributed by atoms with Crippen molar-refractivity contribution in [1.82, 2.24) is 25.1 Å². The molecule has 1 aliphatic heterocycles. The SMILES string of the molecule is Cn1cc(-c2nc(C(=O)NCc3cccnc3N3CCCCC3)cs2)cn1. The van der Waals surface area contributed by atoms with Crippen LogP contribution in [0, 0.1) is 0 Å². The largest absolute Gasteiger partial charge is 0.356 e. The molecule has 0 aromatic carbocycles. The highest BCUT2D eigenvalue weighted by Crippen LogP contribution is 2.24. The Kier molecular flexibility index (Phi) is 5.15. The van der Waals surface area contributed by atoms with E-state index in [2.05, 4.69) is 25.3 Å². The van der Waals surface area contributed by atoms with Crippen molar-refractivity contribution in [3.8, 4) is 10.6 Å². The topological polar surface area (TPSA) is 75.9 Å². The summed E-state index contributed by atoms with van der Waals surface area (Å²) in [6, 6.07) is 3.94. The van der Waals surface area contributed by atoms with Crippen molar-refractivity contribution >= 4 is 23.1 Å². The molecule has 0 saturated carbocycles. The molecule has 1 amide bonds. The van der Waals surface area contributed by atoms with Gasteiger partial charge in [-0.15, -0.1) is 11.3 Å². The first-order chi connectivity index (χ1) is 13.2. The number of carbonyl (C=O) groups excluding carboxylic acids is 1. The number of thiazole rings is 1. The molecular formula is C19H22N6OS. The molecule has 0 aliphatic carbocycles. The molecule has 1 N–H and O–H groups in total. The zero-order valence-electron chi connectivity index (χ0n) is 15.3. The lowest BCUT2D eigenvalue weighted by Crippen LogP contribution is -2.32. The number of anilines is 1. The Balaban J connectivity index is 1.43. The molecule has 0 radical (unpaired) electrons. The van der Waals surface area contributed by atoms with Crippen LogP contribution in [0.2, 0.25) is 0 Å². The number of rotatable bonds is 5. The summed E-state index contributed by atoms with van der Waals surface area (Å²) < 4.78 is 1.72. The van der Waals surface area contributed by atoms with E-state index >= 15 is 0 Å². The van der Waals surface area contributed by atoms with Gasteiger partial charge in [0.2, 0.25) is 0 Å². The highest BCUT2D eigenvalue weighted by molar-refractivity contribution is 7.13. The molecule has 1 fully saturated rings. The molecule has 1 saturated heterocycles. The maximum absolute atomic E-state index is 12.5. The number of amides is 1. The maximum Gasteiger partial charge on any atom is 0.271 e. The molecule has 140 valence electrons. The van der Waals surface area contributed by atoms with E-state index in [0.29, 0.717) is 12.2 Å². The second-order valence-electron chi connectivity index (χ2n) is 6.66. The first kappa shape index (κ1) is 17.7. The second kappa shape index (κ2) is 7.87. The van der Waals surface area contributed by atoms with Crippen molar-refractivity contribution in [2.45, 2.75) is 25.8 Å². The van der Waals surface area contributed by atoms with E-state index in [4.69, 9.17) is 0 Å². The smallest absolute Gasteiger partial charge is 0.271 e. The fourth-order valence-corrected chi connectivity index (χ4v) is 4.04. The minimum absolute atomic E-state index is 0.171. The number of hydrogen-bond acceptors (Lipinski definition) is 6. The summed E-state index contributed by atoms with van der Waals surface area (Å²) in [5.41, 5.74) is 2.39. The van der Waals surface area contributed by atoms with Gasteiger partial charge in [-0.3, -0.25) is 9.48 Å². The van der Waals surface area contributed by atoms with Crippen LogP contribution in [0.4, 0.5) is 5.82 Å². The van der Waals surface area contributed by atoms with Gasteiger partial charge in [-0.25, -0.2) is 9.97 Å². The third kappa shape index (κ3) is 4.00. The van der Waals surface area contributed by atoms with E-state index in [-0.39, 0.29) is 5.91 Å². The fraction of sp³-hybridized carbons (Fsp3) is 0.368.